The van der Waals surface area contributed by atoms with E-state index in [4.69, 9.17) is 9.78 Å². The van der Waals surface area contributed by atoms with Gasteiger partial charge >= 0.3 is 11.9 Å². The summed E-state index contributed by atoms with van der Waals surface area (Å²) in [7, 11) is 0. The molecule has 5 heteroatoms. The minimum absolute atomic E-state index is 0.140. The summed E-state index contributed by atoms with van der Waals surface area (Å²) in [6.45, 7) is 4.53. The second kappa shape index (κ2) is 33.3. The van der Waals surface area contributed by atoms with E-state index in [9.17, 15) is 14.4 Å². The van der Waals surface area contributed by atoms with Crippen molar-refractivity contribution in [2.45, 2.75) is 213 Å². The molecule has 0 bridgehead atoms. The molecular formula is C43H74O5. The lowest BCUT2D eigenvalue weighted by molar-refractivity contribution is -0.260. The van der Waals surface area contributed by atoms with Crippen LogP contribution in [0.1, 0.15) is 212 Å². The average molecular weight is 671 g/mol. The fourth-order valence-electron chi connectivity index (χ4n) is 6.56. The number of hydrogen-bond acceptors (Lipinski definition) is 5. The third kappa shape index (κ3) is 26.7. The highest BCUT2D eigenvalue weighted by Crippen LogP contribution is 2.20. The Morgan fingerprint density at radius 2 is 0.854 bits per heavy atom. The summed E-state index contributed by atoms with van der Waals surface area (Å²) < 4.78 is 0. The first-order chi connectivity index (χ1) is 23.6. The maximum absolute atomic E-state index is 12.9. The van der Waals surface area contributed by atoms with Crippen molar-refractivity contribution >= 4 is 17.7 Å². The molecule has 0 N–H and O–H groups in total. The Labute approximate surface area is 296 Å². The molecule has 0 aliphatic heterocycles. The second-order valence-electron chi connectivity index (χ2n) is 14.3. The van der Waals surface area contributed by atoms with E-state index < -0.39 is 23.6 Å². The van der Waals surface area contributed by atoms with Crippen LogP contribution in [0.2, 0.25) is 0 Å². The van der Waals surface area contributed by atoms with Gasteiger partial charge in [-0.15, -0.1) is 0 Å². The minimum atomic E-state index is -1.06. The van der Waals surface area contributed by atoms with Crippen molar-refractivity contribution in [2.24, 2.45) is 5.92 Å². The van der Waals surface area contributed by atoms with Crippen LogP contribution in [0.25, 0.3) is 0 Å². The number of Topliss-reactive ketones (excluding diaryl/α,β-unsaturated/α-hetero) is 1. The smallest absolute Gasteiger partial charge is 0.287 e. The summed E-state index contributed by atoms with van der Waals surface area (Å²) in [6.07, 6.45) is 36.6. The lowest BCUT2D eigenvalue weighted by Crippen LogP contribution is -2.25. The molecule has 0 aliphatic carbocycles. The van der Waals surface area contributed by atoms with Crippen LogP contribution in [0.5, 0.6) is 0 Å². The van der Waals surface area contributed by atoms with E-state index in [2.05, 4.69) is 13.8 Å². The number of unbranched alkanes of at least 4 members (excludes halogenated alkanes) is 26. The van der Waals surface area contributed by atoms with Gasteiger partial charge in [0.1, 0.15) is 0 Å². The van der Waals surface area contributed by atoms with E-state index in [-0.39, 0.29) is 6.42 Å². The normalized spacial score (nSPS) is 11.8. The average Bonchev–Trinajstić information content (AvgIpc) is 3.10. The Balaban J connectivity index is 2.17. The van der Waals surface area contributed by atoms with Crippen LogP contribution in [0.15, 0.2) is 30.3 Å². The van der Waals surface area contributed by atoms with Gasteiger partial charge in [0.25, 0.3) is 0 Å². The maximum atomic E-state index is 12.9. The summed E-state index contributed by atoms with van der Waals surface area (Å²) in [6, 6.07) is 9.87. The van der Waals surface area contributed by atoms with Gasteiger partial charge < -0.3 is 0 Å². The van der Waals surface area contributed by atoms with E-state index in [0.29, 0.717) is 19.3 Å². The largest absolute Gasteiger partial charge is 0.421 e. The fraction of sp³-hybridized carbons (Fsp3) is 0.791. The number of ketones is 1. The summed E-state index contributed by atoms with van der Waals surface area (Å²) in [5.41, 5.74) is 1.05. The zero-order chi connectivity index (χ0) is 34.8. The van der Waals surface area contributed by atoms with Crippen LogP contribution < -0.4 is 0 Å². The first-order valence-corrected chi connectivity index (χ1v) is 20.6. The van der Waals surface area contributed by atoms with Crippen LogP contribution >= 0.6 is 0 Å². The Kier molecular flexibility index (Phi) is 30.5. The first kappa shape index (κ1) is 43.9. The minimum Gasteiger partial charge on any atom is -0.287 e. The third-order valence-corrected chi connectivity index (χ3v) is 9.75. The van der Waals surface area contributed by atoms with Gasteiger partial charge in [-0.25, -0.2) is 19.4 Å². The van der Waals surface area contributed by atoms with Gasteiger partial charge in [0, 0.05) is 6.42 Å². The van der Waals surface area contributed by atoms with Gasteiger partial charge in [0.2, 0.25) is 5.78 Å². The van der Waals surface area contributed by atoms with Crippen LogP contribution in [-0.2, 0) is 30.6 Å². The molecule has 0 amide bonds. The summed E-state index contributed by atoms with van der Waals surface area (Å²) in [4.78, 5) is 47.1. The number of carbonyl (C=O) groups is 3. The third-order valence-electron chi connectivity index (χ3n) is 9.75. The molecule has 0 heterocycles. The molecule has 0 aliphatic rings. The quantitative estimate of drug-likeness (QED) is 0.0316. The molecule has 0 saturated heterocycles. The van der Waals surface area contributed by atoms with E-state index >= 15 is 0 Å². The second-order valence-corrected chi connectivity index (χ2v) is 14.3. The van der Waals surface area contributed by atoms with Gasteiger partial charge in [-0.2, -0.15) is 0 Å². The van der Waals surface area contributed by atoms with Gasteiger partial charge in [0.15, 0.2) is 0 Å². The lowest BCUT2D eigenvalue weighted by atomic mass is 9.93. The van der Waals surface area contributed by atoms with Crippen molar-refractivity contribution in [1.29, 1.82) is 0 Å². The molecule has 1 rings (SSSR count). The van der Waals surface area contributed by atoms with Crippen molar-refractivity contribution in [3.8, 4) is 0 Å². The van der Waals surface area contributed by atoms with Crippen molar-refractivity contribution < 1.29 is 24.2 Å². The number of benzene rings is 1. The molecule has 0 aromatic heterocycles. The molecule has 0 radical (unpaired) electrons. The number of carbonyl (C=O) groups excluding carboxylic acids is 3. The molecular weight excluding hydrogens is 596 g/mol. The highest BCUT2D eigenvalue weighted by atomic mass is 17.2. The SMILES string of the molecule is CCCCCCCCCCCCCCCCC(=O)C(=O)OOC(=O)C(CCCCCCCCCCCCCCCC)Cc1ccccc1. The highest BCUT2D eigenvalue weighted by molar-refractivity contribution is 6.33. The van der Waals surface area contributed by atoms with Crippen LogP contribution in [-0.4, -0.2) is 17.7 Å². The zero-order valence-electron chi connectivity index (χ0n) is 31.4. The standard InChI is InChI=1S/C43H74O5/c1-3-5-7-9-11-13-15-17-19-21-23-25-27-32-36-40(38-39-34-30-29-31-35-39)42(45)47-48-43(46)41(44)37-33-28-26-24-22-20-18-16-14-12-10-8-6-4-2/h29-31,34-35,40H,3-28,32-33,36-38H2,1-2H3. The number of rotatable bonds is 34. The molecule has 1 unspecified atom stereocenters. The molecule has 48 heavy (non-hydrogen) atoms. The van der Waals surface area contributed by atoms with Crippen molar-refractivity contribution in [3.63, 3.8) is 0 Å². The Morgan fingerprint density at radius 1 is 0.479 bits per heavy atom. The molecule has 1 atom stereocenters. The predicted octanol–water partition coefficient (Wildman–Crippen LogP) is 13.2. The monoisotopic (exact) mass is 671 g/mol. The zero-order valence-corrected chi connectivity index (χ0v) is 31.4. The van der Waals surface area contributed by atoms with Crippen molar-refractivity contribution in [2.75, 3.05) is 0 Å². The molecule has 1 aromatic rings. The Bertz CT molecular complexity index is 882. The molecule has 276 valence electrons. The van der Waals surface area contributed by atoms with E-state index in [1.165, 1.54) is 148 Å². The molecule has 1 aromatic carbocycles. The van der Waals surface area contributed by atoms with Crippen LogP contribution in [0.3, 0.4) is 0 Å². The van der Waals surface area contributed by atoms with Gasteiger partial charge in [0.05, 0.1) is 5.92 Å². The predicted molar refractivity (Wildman–Crippen MR) is 201 cm³/mol. The number of hydrogen-bond donors (Lipinski definition) is 0. The first-order valence-electron chi connectivity index (χ1n) is 20.6. The Hall–Kier alpha value is -2.17. The highest BCUT2D eigenvalue weighted by Gasteiger charge is 2.25. The topological polar surface area (TPSA) is 69.7 Å². The van der Waals surface area contributed by atoms with Crippen LogP contribution in [0.4, 0.5) is 0 Å². The fourth-order valence-corrected chi connectivity index (χ4v) is 6.56. The van der Waals surface area contributed by atoms with Gasteiger partial charge in [-0.05, 0) is 24.8 Å². The lowest BCUT2D eigenvalue weighted by Gasteiger charge is -2.15. The van der Waals surface area contributed by atoms with Crippen molar-refractivity contribution in [1.82, 2.24) is 0 Å². The summed E-state index contributed by atoms with van der Waals surface area (Å²) in [5, 5.41) is 0. The summed E-state index contributed by atoms with van der Waals surface area (Å²) >= 11 is 0. The molecule has 0 saturated carbocycles. The molecule has 5 nitrogen and oxygen atoms in total. The van der Waals surface area contributed by atoms with Crippen molar-refractivity contribution in [3.05, 3.63) is 35.9 Å². The molecule has 0 fully saturated rings. The maximum Gasteiger partial charge on any atom is 0.421 e. The molecule has 0 spiro atoms. The van der Waals surface area contributed by atoms with E-state index in [0.717, 1.165) is 31.2 Å². The van der Waals surface area contributed by atoms with Gasteiger partial charge in [-0.1, -0.05) is 218 Å². The summed E-state index contributed by atoms with van der Waals surface area (Å²) in [5.74, 6) is -2.65. The van der Waals surface area contributed by atoms with E-state index in [1.54, 1.807) is 0 Å². The van der Waals surface area contributed by atoms with Gasteiger partial charge in [-0.3, -0.25) is 4.79 Å². The van der Waals surface area contributed by atoms with Crippen LogP contribution in [0, 0.1) is 5.92 Å². The Morgan fingerprint density at radius 3 is 1.27 bits per heavy atom. The van der Waals surface area contributed by atoms with E-state index in [1.807, 2.05) is 30.3 Å².